The number of pyridine rings is 1. The molecule has 0 radical (unpaired) electrons. The fraction of sp³-hybridized carbons (Fsp3) is 0.538. The molecule has 100 valence electrons. The molecule has 0 aliphatic rings. The first-order valence-corrected chi connectivity index (χ1v) is 6.12. The van der Waals surface area contributed by atoms with E-state index in [0.717, 1.165) is 0 Å². The number of rotatable bonds is 7. The molecule has 1 heterocycles. The van der Waals surface area contributed by atoms with E-state index < -0.39 is 5.97 Å². The van der Waals surface area contributed by atoms with Gasteiger partial charge < -0.3 is 14.8 Å². The summed E-state index contributed by atoms with van der Waals surface area (Å²) in [5, 5.41) is 3.13. The van der Waals surface area contributed by atoms with Crippen molar-refractivity contribution >= 4 is 11.8 Å². The van der Waals surface area contributed by atoms with Crippen LogP contribution in [0.2, 0.25) is 0 Å². The molecule has 0 atom stereocenters. The monoisotopic (exact) mass is 252 g/mol. The molecule has 0 saturated carbocycles. The van der Waals surface area contributed by atoms with Crippen molar-refractivity contribution in [3.8, 4) is 0 Å². The van der Waals surface area contributed by atoms with E-state index in [0.29, 0.717) is 24.7 Å². The zero-order valence-electron chi connectivity index (χ0n) is 11.1. The molecule has 1 aromatic heterocycles. The molecule has 5 heteroatoms. The van der Waals surface area contributed by atoms with Crippen LogP contribution >= 0.6 is 0 Å². The summed E-state index contributed by atoms with van der Waals surface area (Å²) in [4.78, 5) is 15.9. The summed E-state index contributed by atoms with van der Waals surface area (Å²) in [5.74, 6) is 0.242. The lowest BCUT2D eigenvalue weighted by Crippen LogP contribution is -2.15. The summed E-state index contributed by atoms with van der Waals surface area (Å²) >= 11 is 0. The van der Waals surface area contributed by atoms with Crippen molar-refractivity contribution in [1.29, 1.82) is 0 Å². The molecule has 0 saturated heterocycles. The first kappa shape index (κ1) is 14.4. The number of aromatic nitrogens is 1. The van der Waals surface area contributed by atoms with Crippen molar-refractivity contribution in [3.63, 3.8) is 0 Å². The Morgan fingerprint density at radius 3 is 2.83 bits per heavy atom. The van der Waals surface area contributed by atoms with Crippen molar-refractivity contribution in [2.75, 3.05) is 25.1 Å². The molecule has 0 fully saturated rings. The van der Waals surface area contributed by atoms with Crippen LogP contribution in [0.4, 0.5) is 5.82 Å². The summed E-state index contributed by atoms with van der Waals surface area (Å²) in [6.45, 7) is 7.18. The molecule has 0 aliphatic carbocycles. The largest absolute Gasteiger partial charge is 0.459 e. The number of ether oxygens (including phenoxy) is 2. The first-order chi connectivity index (χ1) is 8.63. The fourth-order valence-corrected chi connectivity index (χ4v) is 1.34. The van der Waals surface area contributed by atoms with E-state index in [1.54, 1.807) is 12.1 Å². The number of esters is 1. The van der Waals surface area contributed by atoms with Gasteiger partial charge in [-0.25, -0.2) is 9.78 Å². The van der Waals surface area contributed by atoms with E-state index in [-0.39, 0.29) is 12.6 Å². The molecular formula is C13H20N2O3. The maximum Gasteiger partial charge on any atom is 0.357 e. The number of nitrogens with one attached hydrogen (secondary N) is 1. The molecule has 0 amide bonds. The van der Waals surface area contributed by atoms with Crippen LogP contribution in [0.3, 0.4) is 0 Å². The van der Waals surface area contributed by atoms with Gasteiger partial charge in [0.15, 0.2) is 5.69 Å². The van der Waals surface area contributed by atoms with E-state index >= 15 is 0 Å². The highest BCUT2D eigenvalue weighted by Gasteiger charge is 2.09. The van der Waals surface area contributed by atoms with Crippen LogP contribution in [-0.2, 0) is 9.47 Å². The lowest BCUT2D eigenvalue weighted by Gasteiger charge is -2.10. The van der Waals surface area contributed by atoms with Crippen LogP contribution in [-0.4, -0.2) is 36.8 Å². The second-order valence-corrected chi connectivity index (χ2v) is 4.04. The van der Waals surface area contributed by atoms with Crippen LogP contribution in [0.1, 0.15) is 31.3 Å². The highest BCUT2D eigenvalue weighted by atomic mass is 16.6. The molecule has 0 aliphatic heterocycles. The SMILES string of the molecule is CCOCCOC(=O)c1cccc(NC(C)C)n1. The van der Waals surface area contributed by atoms with Gasteiger partial charge in [-0.05, 0) is 32.9 Å². The van der Waals surface area contributed by atoms with E-state index in [1.165, 1.54) is 0 Å². The molecule has 0 aromatic carbocycles. The topological polar surface area (TPSA) is 60.5 Å². The van der Waals surface area contributed by atoms with Crippen LogP contribution in [0.25, 0.3) is 0 Å². The molecule has 0 unspecified atom stereocenters. The van der Waals surface area contributed by atoms with Gasteiger partial charge in [-0.3, -0.25) is 0 Å². The van der Waals surface area contributed by atoms with Crippen LogP contribution < -0.4 is 5.32 Å². The summed E-state index contributed by atoms with van der Waals surface area (Å²) in [7, 11) is 0. The smallest absolute Gasteiger partial charge is 0.357 e. The maximum atomic E-state index is 11.7. The third-order valence-corrected chi connectivity index (χ3v) is 2.06. The molecule has 1 N–H and O–H groups in total. The number of hydrogen-bond acceptors (Lipinski definition) is 5. The quantitative estimate of drug-likeness (QED) is 0.595. The summed E-state index contributed by atoms with van der Waals surface area (Å²) in [5.41, 5.74) is 0.303. The number of carbonyl (C=O) groups is 1. The zero-order valence-corrected chi connectivity index (χ0v) is 11.1. The lowest BCUT2D eigenvalue weighted by molar-refractivity contribution is 0.0329. The lowest BCUT2D eigenvalue weighted by atomic mass is 10.3. The van der Waals surface area contributed by atoms with Crippen LogP contribution in [0.15, 0.2) is 18.2 Å². The summed E-state index contributed by atoms with van der Waals surface area (Å²) in [6.07, 6.45) is 0. The van der Waals surface area contributed by atoms with Gasteiger partial charge in [-0.2, -0.15) is 0 Å². The predicted octanol–water partition coefficient (Wildman–Crippen LogP) is 2.10. The van der Waals surface area contributed by atoms with Crippen molar-refractivity contribution in [2.24, 2.45) is 0 Å². The summed E-state index contributed by atoms with van der Waals surface area (Å²) in [6, 6.07) is 5.49. The third kappa shape index (κ3) is 5.14. The molecular weight excluding hydrogens is 232 g/mol. The normalized spacial score (nSPS) is 10.4. The second-order valence-electron chi connectivity index (χ2n) is 4.04. The van der Waals surface area contributed by atoms with Gasteiger partial charge >= 0.3 is 5.97 Å². The highest BCUT2D eigenvalue weighted by molar-refractivity contribution is 5.87. The Morgan fingerprint density at radius 2 is 2.17 bits per heavy atom. The zero-order chi connectivity index (χ0) is 13.4. The number of nitrogens with zero attached hydrogens (tertiary/aromatic N) is 1. The predicted molar refractivity (Wildman–Crippen MR) is 69.8 cm³/mol. The highest BCUT2D eigenvalue weighted by Crippen LogP contribution is 2.07. The van der Waals surface area contributed by atoms with Gasteiger partial charge in [-0.15, -0.1) is 0 Å². The van der Waals surface area contributed by atoms with Gasteiger partial charge in [-0.1, -0.05) is 6.07 Å². The number of hydrogen-bond donors (Lipinski definition) is 1. The molecule has 0 spiro atoms. The second kappa shape index (κ2) is 7.66. The number of anilines is 1. The van der Waals surface area contributed by atoms with Crippen molar-refractivity contribution in [2.45, 2.75) is 26.8 Å². The third-order valence-electron chi connectivity index (χ3n) is 2.06. The van der Waals surface area contributed by atoms with Gasteiger partial charge in [0, 0.05) is 12.6 Å². The Kier molecular flexibility index (Phi) is 6.14. The average molecular weight is 252 g/mol. The Morgan fingerprint density at radius 1 is 1.39 bits per heavy atom. The van der Waals surface area contributed by atoms with E-state index in [1.807, 2.05) is 26.8 Å². The van der Waals surface area contributed by atoms with Crippen molar-refractivity contribution in [3.05, 3.63) is 23.9 Å². The first-order valence-electron chi connectivity index (χ1n) is 6.12. The molecule has 0 bridgehead atoms. The van der Waals surface area contributed by atoms with Crippen molar-refractivity contribution < 1.29 is 14.3 Å². The fourth-order valence-electron chi connectivity index (χ4n) is 1.34. The standard InChI is InChI=1S/C13H20N2O3/c1-4-17-8-9-18-13(16)11-6-5-7-12(15-11)14-10(2)3/h5-7,10H,4,8-9H2,1-3H3,(H,14,15). The van der Waals surface area contributed by atoms with E-state index in [9.17, 15) is 4.79 Å². The average Bonchev–Trinajstić information content (AvgIpc) is 2.34. The molecule has 1 aromatic rings. The molecule has 1 rings (SSSR count). The van der Waals surface area contributed by atoms with E-state index in [4.69, 9.17) is 9.47 Å². The Hall–Kier alpha value is -1.62. The minimum absolute atomic E-state index is 0.246. The summed E-state index contributed by atoms with van der Waals surface area (Å²) < 4.78 is 10.1. The number of carbonyl (C=O) groups excluding carboxylic acids is 1. The van der Waals surface area contributed by atoms with Gasteiger partial charge in [0.25, 0.3) is 0 Å². The van der Waals surface area contributed by atoms with E-state index in [2.05, 4.69) is 10.3 Å². The maximum absolute atomic E-state index is 11.7. The molecule has 18 heavy (non-hydrogen) atoms. The Labute approximate surface area is 108 Å². The Balaban J connectivity index is 2.51. The van der Waals surface area contributed by atoms with Gasteiger partial charge in [0.05, 0.1) is 6.61 Å². The minimum Gasteiger partial charge on any atom is -0.459 e. The molecule has 5 nitrogen and oxygen atoms in total. The van der Waals surface area contributed by atoms with Gasteiger partial charge in [0.2, 0.25) is 0 Å². The van der Waals surface area contributed by atoms with Crippen LogP contribution in [0.5, 0.6) is 0 Å². The van der Waals surface area contributed by atoms with Crippen molar-refractivity contribution in [1.82, 2.24) is 4.98 Å². The van der Waals surface area contributed by atoms with Gasteiger partial charge in [0.1, 0.15) is 12.4 Å². The minimum atomic E-state index is -0.429. The van der Waals surface area contributed by atoms with Crippen LogP contribution in [0, 0.1) is 0 Å². The Bertz CT molecular complexity index is 380.